The first kappa shape index (κ1) is 15.4. The highest BCUT2D eigenvalue weighted by Gasteiger charge is 2.23. The molecule has 1 aliphatic rings. The van der Waals surface area contributed by atoms with Gasteiger partial charge in [-0.2, -0.15) is 5.10 Å². The average molecular weight is 322 g/mol. The van der Waals surface area contributed by atoms with Gasteiger partial charge in [0.05, 0.1) is 23.9 Å². The fourth-order valence-corrected chi connectivity index (χ4v) is 2.80. The number of nitrogens with zero attached hydrogens (tertiary/aromatic N) is 5. The third-order valence-corrected chi connectivity index (χ3v) is 4.06. The lowest BCUT2D eigenvalue weighted by atomic mass is 10.3. The highest BCUT2D eigenvalue weighted by atomic mass is 35.5. The molecule has 0 radical (unpaired) electrons. The summed E-state index contributed by atoms with van der Waals surface area (Å²) in [6.45, 7) is 8.21. The normalized spacial score (nSPS) is 16.4. The maximum atomic E-state index is 6.61. The summed E-state index contributed by atoms with van der Waals surface area (Å²) in [5.74, 6) is 0.613. The van der Waals surface area contributed by atoms with Gasteiger partial charge in [0.15, 0.2) is 5.82 Å². The standard InChI is InChI=1S/C15H20ClN5O/c1-11(2)21-14(15-17-4-3-5-18-15)13(16)12(19-21)10-20-6-8-22-9-7-20/h3-5,11H,6-10H2,1-2H3. The third-order valence-electron chi connectivity index (χ3n) is 3.66. The number of hydrogen-bond donors (Lipinski definition) is 0. The summed E-state index contributed by atoms with van der Waals surface area (Å²) in [5, 5.41) is 5.35. The molecule has 0 bridgehead atoms. The van der Waals surface area contributed by atoms with E-state index in [0.717, 1.165) is 44.2 Å². The topological polar surface area (TPSA) is 56.1 Å². The van der Waals surface area contributed by atoms with E-state index in [9.17, 15) is 0 Å². The van der Waals surface area contributed by atoms with Crippen LogP contribution in [0, 0.1) is 0 Å². The summed E-state index contributed by atoms with van der Waals surface area (Å²) in [6, 6.07) is 1.98. The lowest BCUT2D eigenvalue weighted by Gasteiger charge is -2.25. The molecule has 1 fully saturated rings. The molecular formula is C15H20ClN5O. The maximum absolute atomic E-state index is 6.61. The first-order valence-electron chi connectivity index (χ1n) is 7.51. The number of morpholine rings is 1. The van der Waals surface area contributed by atoms with E-state index in [1.54, 1.807) is 18.5 Å². The van der Waals surface area contributed by atoms with Crippen molar-refractivity contribution in [3.05, 3.63) is 29.2 Å². The van der Waals surface area contributed by atoms with Crippen LogP contribution in [0.4, 0.5) is 0 Å². The monoisotopic (exact) mass is 321 g/mol. The molecule has 7 heteroatoms. The minimum atomic E-state index is 0.190. The van der Waals surface area contributed by atoms with Crippen LogP contribution in [0.5, 0.6) is 0 Å². The largest absolute Gasteiger partial charge is 0.379 e. The molecule has 0 aliphatic carbocycles. The van der Waals surface area contributed by atoms with Crippen molar-refractivity contribution in [2.24, 2.45) is 0 Å². The van der Waals surface area contributed by atoms with E-state index in [1.165, 1.54) is 0 Å². The fourth-order valence-electron chi connectivity index (χ4n) is 2.53. The zero-order chi connectivity index (χ0) is 15.5. The maximum Gasteiger partial charge on any atom is 0.179 e. The summed E-state index contributed by atoms with van der Waals surface area (Å²) >= 11 is 6.61. The Labute approximate surface area is 135 Å². The molecule has 3 heterocycles. The second kappa shape index (κ2) is 6.73. The van der Waals surface area contributed by atoms with Crippen LogP contribution in [0.15, 0.2) is 18.5 Å². The van der Waals surface area contributed by atoms with Crippen LogP contribution < -0.4 is 0 Å². The minimum Gasteiger partial charge on any atom is -0.379 e. The molecule has 0 aromatic carbocycles. The van der Waals surface area contributed by atoms with Crippen molar-refractivity contribution in [2.75, 3.05) is 26.3 Å². The molecule has 0 N–H and O–H groups in total. The minimum absolute atomic E-state index is 0.190. The van der Waals surface area contributed by atoms with E-state index in [0.29, 0.717) is 10.8 Å². The molecule has 3 rings (SSSR count). The summed E-state index contributed by atoms with van der Waals surface area (Å²) in [5.41, 5.74) is 1.67. The van der Waals surface area contributed by atoms with Crippen LogP contribution in [-0.2, 0) is 11.3 Å². The van der Waals surface area contributed by atoms with Crippen LogP contribution in [-0.4, -0.2) is 51.0 Å². The molecule has 2 aromatic heterocycles. The third kappa shape index (κ3) is 3.14. The zero-order valence-corrected chi connectivity index (χ0v) is 13.6. The Morgan fingerprint density at radius 3 is 2.55 bits per heavy atom. The van der Waals surface area contributed by atoms with E-state index in [2.05, 4.69) is 28.7 Å². The first-order chi connectivity index (χ1) is 10.7. The quantitative estimate of drug-likeness (QED) is 0.865. The van der Waals surface area contributed by atoms with Gasteiger partial charge < -0.3 is 4.74 Å². The lowest BCUT2D eigenvalue weighted by molar-refractivity contribution is 0.0335. The Balaban J connectivity index is 1.95. The number of ether oxygens (including phenoxy) is 1. The predicted octanol–water partition coefficient (Wildman–Crippen LogP) is 2.41. The van der Waals surface area contributed by atoms with Gasteiger partial charge in [0.1, 0.15) is 5.69 Å². The summed E-state index contributed by atoms with van der Waals surface area (Å²) in [4.78, 5) is 10.9. The highest BCUT2D eigenvalue weighted by Crippen LogP contribution is 2.31. The number of rotatable bonds is 4. The molecule has 0 spiro atoms. The Bertz CT molecular complexity index is 622. The van der Waals surface area contributed by atoms with Crippen LogP contribution in [0.1, 0.15) is 25.6 Å². The second-order valence-corrected chi connectivity index (χ2v) is 5.99. The molecule has 1 aliphatic heterocycles. The van der Waals surface area contributed by atoms with E-state index in [-0.39, 0.29) is 6.04 Å². The van der Waals surface area contributed by atoms with Gasteiger partial charge in [-0.25, -0.2) is 9.97 Å². The van der Waals surface area contributed by atoms with E-state index >= 15 is 0 Å². The molecule has 6 nitrogen and oxygen atoms in total. The van der Waals surface area contributed by atoms with Crippen molar-refractivity contribution in [1.29, 1.82) is 0 Å². The van der Waals surface area contributed by atoms with Crippen LogP contribution in [0.25, 0.3) is 11.5 Å². The number of aromatic nitrogens is 4. The predicted molar refractivity (Wildman–Crippen MR) is 84.7 cm³/mol. The van der Waals surface area contributed by atoms with E-state index in [4.69, 9.17) is 21.4 Å². The fraction of sp³-hybridized carbons (Fsp3) is 0.533. The smallest absolute Gasteiger partial charge is 0.179 e. The molecule has 1 saturated heterocycles. The van der Waals surface area contributed by atoms with Gasteiger partial charge in [0.25, 0.3) is 0 Å². The van der Waals surface area contributed by atoms with Gasteiger partial charge in [-0.05, 0) is 19.9 Å². The molecule has 0 saturated carbocycles. The summed E-state index contributed by atoms with van der Waals surface area (Å²) in [7, 11) is 0. The van der Waals surface area contributed by atoms with E-state index in [1.807, 2.05) is 4.68 Å². The average Bonchev–Trinajstić information content (AvgIpc) is 2.86. The van der Waals surface area contributed by atoms with Crippen LogP contribution in [0.3, 0.4) is 0 Å². The summed E-state index contributed by atoms with van der Waals surface area (Å²) < 4.78 is 7.29. The van der Waals surface area contributed by atoms with Crippen molar-refractivity contribution in [1.82, 2.24) is 24.6 Å². The summed E-state index contributed by atoms with van der Waals surface area (Å²) in [6.07, 6.45) is 3.44. The molecule has 118 valence electrons. The van der Waals surface area contributed by atoms with Gasteiger partial charge in [0.2, 0.25) is 0 Å². The van der Waals surface area contributed by atoms with Gasteiger partial charge in [0, 0.05) is 38.1 Å². The molecule has 22 heavy (non-hydrogen) atoms. The van der Waals surface area contributed by atoms with Gasteiger partial charge in [-0.3, -0.25) is 9.58 Å². The Hall–Kier alpha value is -1.50. The van der Waals surface area contributed by atoms with Gasteiger partial charge in [-0.1, -0.05) is 11.6 Å². The van der Waals surface area contributed by atoms with Gasteiger partial charge >= 0.3 is 0 Å². The number of halogens is 1. The molecule has 0 atom stereocenters. The first-order valence-corrected chi connectivity index (χ1v) is 7.89. The zero-order valence-electron chi connectivity index (χ0n) is 12.9. The molecule has 0 unspecified atom stereocenters. The molecular weight excluding hydrogens is 302 g/mol. The Morgan fingerprint density at radius 2 is 1.91 bits per heavy atom. The van der Waals surface area contributed by atoms with Crippen LogP contribution in [0.2, 0.25) is 5.02 Å². The van der Waals surface area contributed by atoms with Crippen LogP contribution >= 0.6 is 11.6 Å². The molecule has 0 amide bonds. The van der Waals surface area contributed by atoms with Crippen molar-refractivity contribution in [2.45, 2.75) is 26.4 Å². The van der Waals surface area contributed by atoms with Crippen molar-refractivity contribution < 1.29 is 4.74 Å². The van der Waals surface area contributed by atoms with Crippen molar-refractivity contribution >= 4 is 11.6 Å². The lowest BCUT2D eigenvalue weighted by Crippen LogP contribution is -2.35. The van der Waals surface area contributed by atoms with Crippen molar-refractivity contribution in [3.8, 4) is 11.5 Å². The highest BCUT2D eigenvalue weighted by molar-refractivity contribution is 6.33. The van der Waals surface area contributed by atoms with Gasteiger partial charge in [-0.15, -0.1) is 0 Å². The second-order valence-electron chi connectivity index (χ2n) is 5.61. The van der Waals surface area contributed by atoms with Crippen molar-refractivity contribution in [3.63, 3.8) is 0 Å². The Morgan fingerprint density at radius 1 is 1.23 bits per heavy atom. The van der Waals surface area contributed by atoms with E-state index < -0.39 is 0 Å². The SMILES string of the molecule is CC(C)n1nc(CN2CCOCC2)c(Cl)c1-c1ncccn1. The molecule has 2 aromatic rings. The number of hydrogen-bond acceptors (Lipinski definition) is 5. The Kier molecular flexibility index (Phi) is 4.71.